The van der Waals surface area contributed by atoms with Crippen molar-refractivity contribution in [1.29, 1.82) is 0 Å². The lowest BCUT2D eigenvalue weighted by Gasteiger charge is -2.41. The van der Waals surface area contributed by atoms with Crippen molar-refractivity contribution in [1.82, 2.24) is 4.90 Å². The highest BCUT2D eigenvalue weighted by atomic mass is 16.5. The summed E-state index contributed by atoms with van der Waals surface area (Å²) >= 11 is 0. The van der Waals surface area contributed by atoms with Crippen LogP contribution in [0.5, 0.6) is 11.5 Å². The van der Waals surface area contributed by atoms with E-state index in [0.717, 1.165) is 43.2 Å². The number of rotatable bonds is 6. The topological polar surface area (TPSA) is 57.0 Å². The molecule has 1 saturated heterocycles. The summed E-state index contributed by atoms with van der Waals surface area (Å²) < 4.78 is 16.9. The number of para-hydroxylation sites is 1. The molecule has 21 heavy (non-hydrogen) atoms. The first-order valence-electron chi connectivity index (χ1n) is 7.53. The van der Waals surface area contributed by atoms with Crippen LogP contribution in [-0.4, -0.2) is 51.5 Å². The maximum Gasteiger partial charge on any atom is 0.165 e. The van der Waals surface area contributed by atoms with Gasteiger partial charge in [-0.05, 0) is 19.0 Å². The number of hydrogen-bond acceptors (Lipinski definition) is 5. The normalized spacial score (nSPS) is 23.0. The minimum absolute atomic E-state index is 0.0219. The zero-order chi connectivity index (χ0) is 15.2. The van der Waals surface area contributed by atoms with E-state index in [-0.39, 0.29) is 12.1 Å². The van der Waals surface area contributed by atoms with Crippen molar-refractivity contribution in [3.05, 3.63) is 23.8 Å². The third-order valence-electron chi connectivity index (χ3n) is 3.95. The van der Waals surface area contributed by atoms with Gasteiger partial charge in [-0.2, -0.15) is 0 Å². The molecule has 5 heteroatoms. The molecule has 2 rings (SSSR count). The van der Waals surface area contributed by atoms with Crippen LogP contribution in [0.1, 0.15) is 24.9 Å². The number of nitrogens with zero attached hydrogens (tertiary/aromatic N) is 1. The second-order valence-electron chi connectivity index (χ2n) is 5.21. The van der Waals surface area contributed by atoms with E-state index in [0.29, 0.717) is 6.54 Å². The number of morpholine rings is 1. The van der Waals surface area contributed by atoms with Crippen LogP contribution in [0, 0.1) is 0 Å². The van der Waals surface area contributed by atoms with Crippen molar-refractivity contribution in [2.45, 2.75) is 25.5 Å². The van der Waals surface area contributed by atoms with Crippen LogP contribution in [-0.2, 0) is 4.74 Å². The Morgan fingerprint density at radius 3 is 2.76 bits per heavy atom. The van der Waals surface area contributed by atoms with Crippen LogP contribution < -0.4 is 15.2 Å². The largest absolute Gasteiger partial charge is 0.493 e. The number of methoxy groups -OCH3 is 2. The second-order valence-corrected chi connectivity index (χ2v) is 5.21. The van der Waals surface area contributed by atoms with Gasteiger partial charge < -0.3 is 19.9 Å². The van der Waals surface area contributed by atoms with Crippen LogP contribution in [0.2, 0.25) is 0 Å². The van der Waals surface area contributed by atoms with Crippen LogP contribution in [0.15, 0.2) is 18.2 Å². The number of hydrogen-bond donors (Lipinski definition) is 1. The minimum Gasteiger partial charge on any atom is -0.493 e. The molecule has 1 aromatic carbocycles. The number of nitrogens with two attached hydrogens (primary N) is 1. The van der Waals surface area contributed by atoms with E-state index in [2.05, 4.69) is 17.9 Å². The molecule has 0 radical (unpaired) electrons. The highest BCUT2D eigenvalue weighted by Gasteiger charge is 2.34. The molecular formula is C16H26N2O3. The van der Waals surface area contributed by atoms with E-state index < -0.39 is 0 Å². The fourth-order valence-electron chi connectivity index (χ4n) is 3.06. The third-order valence-corrected chi connectivity index (χ3v) is 3.95. The molecule has 0 saturated carbocycles. The van der Waals surface area contributed by atoms with Gasteiger partial charge in [0.05, 0.1) is 33.0 Å². The summed E-state index contributed by atoms with van der Waals surface area (Å²) in [7, 11) is 3.33. The Kier molecular flexibility index (Phi) is 5.85. The maximum atomic E-state index is 5.93. The first kappa shape index (κ1) is 16.1. The van der Waals surface area contributed by atoms with Crippen molar-refractivity contribution in [2.75, 3.05) is 40.5 Å². The predicted molar refractivity (Wildman–Crippen MR) is 82.9 cm³/mol. The predicted octanol–water partition coefficient (Wildman–Crippen LogP) is 1.81. The van der Waals surface area contributed by atoms with Gasteiger partial charge in [0.25, 0.3) is 0 Å². The lowest BCUT2D eigenvalue weighted by atomic mass is 9.96. The monoisotopic (exact) mass is 294 g/mol. The van der Waals surface area contributed by atoms with Gasteiger partial charge in [-0.1, -0.05) is 19.1 Å². The molecule has 2 atom stereocenters. The van der Waals surface area contributed by atoms with Crippen molar-refractivity contribution < 1.29 is 14.2 Å². The summed E-state index contributed by atoms with van der Waals surface area (Å²) in [5, 5.41) is 0. The Bertz CT molecular complexity index is 451. The standard InChI is InChI=1S/C16H26N2O3/c1-4-8-18-9-10-21-14(11-17)15(18)12-6-5-7-13(19-2)16(12)20-3/h5-7,14-15H,4,8-11,17H2,1-3H3. The van der Waals surface area contributed by atoms with Crippen molar-refractivity contribution in [3.8, 4) is 11.5 Å². The lowest BCUT2D eigenvalue weighted by molar-refractivity contribution is -0.0682. The molecule has 2 N–H and O–H groups in total. The molecule has 0 aromatic heterocycles. The van der Waals surface area contributed by atoms with E-state index in [1.165, 1.54) is 0 Å². The van der Waals surface area contributed by atoms with Gasteiger partial charge in [0.1, 0.15) is 0 Å². The van der Waals surface area contributed by atoms with Crippen molar-refractivity contribution in [2.24, 2.45) is 5.73 Å². The first-order chi connectivity index (χ1) is 10.3. The summed E-state index contributed by atoms with van der Waals surface area (Å²) in [6.07, 6.45) is 1.08. The molecule has 0 bridgehead atoms. The molecule has 1 heterocycles. The highest BCUT2D eigenvalue weighted by Crippen LogP contribution is 2.40. The molecule has 1 aliphatic rings. The summed E-state index contributed by atoms with van der Waals surface area (Å²) in [5.74, 6) is 1.52. The van der Waals surface area contributed by atoms with E-state index in [9.17, 15) is 0 Å². The fraction of sp³-hybridized carbons (Fsp3) is 0.625. The first-order valence-corrected chi connectivity index (χ1v) is 7.53. The Morgan fingerprint density at radius 1 is 1.33 bits per heavy atom. The molecule has 5 nitrogen and oxygen atoms in total. The Morgan fingerprint density at radius 2 is 2.14 bits per heavy atom. The highest BCUT2D eigenvalue weighted by molar-refractivity contribution is 5.48. The van der Waals surface area contributed by atoms with Gasteiger partial charge in [0.2, 0.25) is 0 Å². The van der Waals surface area contributed by atoms with Gasteiger partial charge in [-0.3, -0.25) is 4.90 Å². The number of ether oxygens (including phenoxy) is 3. The fourth-order valence-corrected chi connectivity index (χ4v) is 3.06. The Balaban J connectivity index is 2.43. The smallest absolute Gasteiger partial charge is 0.165 e. The van der Waals surface area contributed by atoms with E-state index in [1.807, 2.05) is 12.1 Å². The van der Waals surface area contributed by atoms with Gasteiger partial charge >= 0.3 is 0 Å². The average molecular weight is 294 g/mol. The summed E-state index contributed by atoms with van der Waals surface area (Å²) in [6.45, 7) is 5.34. The molecule has 1 fully saturated rings. The molecule has 1 aromatic rings. The third kappa shape index (κ3) is 3.31. The van der Waals surface area contributed by atoms with Crippen LogP contribution >= 0.6 is 0 Å². The minimum atomic E-state index is -0.0219. The van der Waals surface area contributed by atoms with Crippen LogP contribution in [0.25, 0.3) is 0 Å². The van der Waals surface area contributed by atoms with Crippen molar-refractivity contribution in [3.63, 3.8) is 0 Å². The van der Waals surface area contributed by atoms with Crippen molar-refractivity contribution >= 4 is 0 Å². The second kappa shape index (κ2) is 7.64. The lowest BCUT2D eigenvalue weighted by Crippen LogP contribution is -2.48. The SMILES string of the molecule is CCCN1CCOC(CN)C1c1cccc(OC)c1OC. The molecule has 2 unspecified atom stereocenters. The summed E-state index contributed by atoms with van der Waals surface area (Å²) in [6, 6.07) is 6.08. The molecule has 0 amide bonds. The Labute approximate surface area is 127 Å². The molecule has 0 spiro atoms. The van der Waals surface area contributed by atoms with E-state index in [4.69, 9.17) is 19.9 Å². The Hall–Kier alpha value is -1.30. The number of benzene rings is 1. The van der Waals surface area contributed by atoms with Gasteiger partial charge in [0, 0.05) is 18.7 Å². The quantitative estimate of drug-likeness (QED) is 0.867. The summed E-state index contributed by atoms with van der Waals surface area (Å²) in [5.41, 5.74) is 7.01. The molecule has 118 valence electrons. The van der Waals surface area contributed by atoms with Gasteiger partial charge in [0.15, 0.2) is 11.5 Å². The summed E-state index contributed by atoms with van der Waals surface area (Å²) in [4.78, 5) is 2.43. The van der Waals surface area contributed by atoms with Crippen LogP contribution in [0.3, 0.4) is 0 Å². The molecule has 1 aliphatic heterocycles. The average Bonchev–Trinajstić information content (AvgIpc) is 2.54. The molecular weight excluding hydrogens is 268 g/mol. The molecule has 0 aliphatic carbocycles. The van der Waals surface area contributed by atoms with Gasteiger partial charge in [-0.15, -0.1) is 0 Å². The van der Waals surface area contributed by atoms with E-state index in [1.54, 1.807) is 14.2 Å². The van der Waals surface area contributed by atoms with Crippen LogP contribution in [0.4, 0.5) is 0 Å². The zero-order valence-corrected chi connectivity index (χ0v) is 13.2. The zero-order valence-electron chi connectivity index (χ0n) is 13.2. The van der Waals surface area contributed by atoms with E-state index >= 15 is 0 Å². The van der Waals surface area contributed by atoms with Gasteiger partial charge in [-0.25, -0.2) is 0 Å². The maximum absolute atomic E-state index is 5.93.